The molecule has 5 heteroatoms. The summed E-state index contributed by atoms with van der Waals surface area (Å²) in [7, 11) is 1.55. The second-order valence-electron chi connectivity index (χ2n) is 4.60. The van der Waals surface area contributed by atoms with Gasteiger partial charge in [-0.1, -0.05) is 5.16 Å². The Morgan fingerprint density at radius 2 is 1.71 bits per heavy atom. The van der Waals surface area contributed by atoms with Gasteiger partial charge in [-0.15, -0.1) is 0 Å². The normalized spacial score (nSPS) is 16.3. The van der Waals surface area contributed by atoms with Crippen LogP contribution in [0.1, 0.15) is 24.2 Å². The van der Waals surface area contributed by atoms with Gasteiger partial charge in [0.2, 0.25) is 0 Å². The zero-order valence-electron chi connectivity index (χ0n) is 12.0. The molecule has 0 saturated carbocycles. The molecule has 1 aliphatic rings. The van der Waals surface area contributed by atoms with E-state index in [9.17, 15) is 9.59 Å². The molecule has 21 heavy (non-hydrogen) atoms. The third-order valence-electron chi connectivity index (χ3n) is 3.05. The van der Waals surface area contributed by atoms with Crippen LogP contribution in [0.2, 0.25) is 0 Å². The number of methoxy groups -OCH3 is 1. The van der Waals surface area contributed by atoms with Gasteiger partial charge in [-0.2, -0.15) is 0 Å². The summed E-state index contributed by atoms with van der Waals surface area (Å²) in [5, 5.41) is 3.81. The Morgan fingerprint density at radius 1 is 1.05 bits per heavy atom. The van der Waals surface area contributed by atoms with Gasteiger partial charge in [-0.25, -0.2) is 4.79 Å². The van der Waals surface area contributed by atoms with E-state index in [1.54, 1.807) is 51.3 Å². The first kappa shape index (κ1) is 14.7. The number of carbonyl (C=O) groups is 2. The van der Waals surface area contributed by atoms with Crippen molar-refractivity contribution in [2.45, 2.75) is 13.8 Å². The Bertz CT molecular complexity index is 666. The molecule has 0 bridgehead atoms. The molecule has 0 spiro atoms. The van der Waals surface area contributed by atoms with Gasteiger partial charge in [0, 0.05) is 0 Å². The van der Waals surface area contributed by atoms with Gasteiger partial charge in [0.15, 0.2) is 5.78 Å². The highest BCUT2D eigenvalue weighted by atomic mass is 16.7. The summed E-state index contributed by atoms with van der Waals surface area (Å²) in [4.78, 5) is 28.2. The molecule has 0 heterocycles. The Labute approximate surface area is 122 Å². The van der Waals surface area contributed by atoms with Crippen molar-refractivity contribution in [3.05, 3.63) is 53.1 Å². The maximum atomic E-state index is 11.9. The number of allylic oxidation sites excluding steroid dienone is 4. The fraction of sp³-hybridized carbons (Fsp3) is 0.188. The van der Waals surface area contributed by atoms with Crippen molar-refractivity contribution in [2.75, 3.05) is 7.11 Å². The lowest BCUT2D eigenvalue weighted by atomic mass is 9.99. The minimum Gasteiger partial charge on any atom is -0.497 e. The fourth-order valence-electron chi connectivity index (χ4n) is 1.74. The van der Waals surface area contributed by atoms with Crippen LogP contribution in [0, 0.1) is 0 Å². The van der Waals surface area contributed by atoms with Crippen LogP contribution in [-0.4, -0.2) is 24.6 Å². The van der Waals surface area contributed by atoms with Crippen molar-refractivity contribution in [1.82, 2.24) is 0 Å². The minimum absolute atomic E-state index is 0.0621. The van der Waals surface area contributed by atoms with Crippen LogP contribution in [0.25, 0.3) is 0 Å². The molecule has 0 atom stereocenters. The zero-order valence-corrected chi connectivity index (χ0v) is 12.0. The highest BCUT2D eigenvalue weighted by Crippen LogP contribution is 2.14. The van der Waals surface area contributed by atoms with E-state index in [2.05, 4.69) is 5.16 Å². The SMILES string of the molecule is COc1ccc(C(=O)O/N=C2\C=C(C)C(=O)C=C2C)cc1. The molecular weight excluding hydrogens is 270 g/mol. The lowest BCUT2D eigenvalue weighted by Gasteiger charge is -2.08. The van der Waals surface area contributed by atoms with Crippen LogP contribution in [0.5, 0.6) is 5.75 Å². The minimum atomic E-state index is -0.569. The molecule has 0 fully saturated rings. The Morgan fingerprint density at radius 3 is 2.33 bits per heavy atom. The quantitative estimate of drug-likeness (QED) is 0.486. The van der Waals surface area contributed by atoms with Crippen molar-refractivity contribution in [2.24, 2.45) is 5.16 Å². The van der Waals surface area contributed by atoms with Crippen molar-refractivity contribution in [1.29, 1.82) is 0 Å². The molecule has 0 unspecified atom stereocenters. The van der Waals surface area contributed by atoms with Crippen LogP contribution < -0.4 is 4.74 Å². The first-order valence-electron chi connectivity index (χ1n) is 6.36. The van der Waals surface area contributed by atoms with Crippen molar-refractivity contribution in [3.8, 4) is 5.75 Å². The van der Waals surface area contributed by atoms with Gasteiger partial charge in [0.1, 0.15) is 11.5 Å². The molecule has 0 saturated heterocycles. The molecule has 0 amide bonds. The average Bonchev–Trinajstić information content (AvgIpc) is 2.49. The Hall–Kier alpha value is -2.69. The monoisotopic (exact) mass is 285 g/mol. The number of benzene rings is 1. The summed E-state index contributed by atoms with van der Waals surface area (Å²) in [5.74, 6) is 0.0230. The topological polar surface area (TPSA) is 65.0 Å². The highest BCUT2D eigenvalue weighted by Gasteiger charge is 2.14. The molecule has 1 aromatic rings. The number of carbonyl (C=O) groups excluding carboxylic acids is 2. The molecule has 5 nitrogen and oxygen atoms in total. The van der Waals surface area contributed by atoms with E-state index >= 15 is 0 Å². The number of ketones is 1. The summed E-state index contributed by atoms with van der Waals surface area (Å²) in [6.07, 6.45) is 3.06. The fourth-order valence-corrected chi connectivity index (χ4v) is 1.74. The van der Waals surface area contributed by atoms with E-state index in [0.717, 1.165) is 0 Å². The van der Waals surface area contributed by atoms with Crippen LogP contribution in [0.3, 0.4) is 0 Å². The second-order valence-corrected chi connectivity index (χ2v) is 4.60. The molecule has 108 valence electrons. The van der Waals surface area contributed by atoms with Gasteiger partial charge < -0.3 is 9.57 Å². The van der Waals surface area contributed by atoms with E-state index in [1.165, 1.54) is 6.08 Å². The molecule has 1 aliphatic carbocycles. The average molecular weight is 285 g/mol. The Balaban J connectivity index is 2.11. The van der Waals surface area contributed by atoms with Gasteiger partial charge in [-0.3, -0.25) is 4.79 Å². The number of hydrogen-bond acceptors (Lipinski definition) is 5. The highest BCUT2D eigenvalue weighted by molar-refractivity contribution is 6.21. The zero-order chi connectivity index (χ0) is 15.4. The maximum absolute atomic E-state index is 11.9. The number of nitrogens with zero attached hydrogens (tertiary/aromatic N) is 1. The molecular formula is C16H15NO4. The van der Waals surface area contributed by atoms with Gasteiger partial charge in [-0.05, 0) is 61.4 Å². The summed E-state index contributed by atoms with van der Waals surface area (Å²) >= 11 is 0. The molecule has 1 aromatic carbocycles. The molecule has 0 radical (unpaired) electrons. The van der Waals surface area contributed by atoms with Crippen molar-refractivity contribution >= 4 is 17.5 Å². The van der Waals surface area contributed by atoms with E-state index in [4.69, 9.17) is 9.57 Å². The third kappa shape index (κ3) is 3.45. The second kappa shape index (κ2) is 6.17. The smallest absolute Gasteiger partial charge is 0.365 e. The van der Waals surface area contributed by atoms with E-state index in [0.29, 0.717) is 28.2 Å². The van der Waals surface area contributed by atoms with Gasteiger partial charge >= 0.3 is 5.97 Å². The van der Waals surface area contributed by atoms with Crippen molar-refractivity contribution in [3.63, 3.8) is 0 Å². The number of rotatable bonds is 3. The Kier molecular flexibility index (Phi) is 4.33. The number of ether oxygens (including phenoxy) is 1. The maximum Gasteiger partial charge on any atom is 0.365 e. The third-order valence-corrected chi connectivity index (χ3v) is 3.05. The van der Waals surface area contributed by atoms with Crippen LogP contribution in [0.4, 0.5) is 0 Å². The summed E-state index contributed by atoms with van der Waals surface area (Å²) in [6.45, 7) is 3.42. The van der Waals surface area contributed by atoms with Gasteiger partial charge in [0.25, 0.3) is 0 Å². The van der Waals surface area contributed by atoms with E-state index in [-0.39, 0.29) is 5.78 Å². The number of hydrogen-bond donors (Lipinski definition) is 0. The standard InChI is InChI=1S/C16H15NO4/c1-10-9-15(18)11(2)8-14(10)17-21-16(19)12-4-6-13(20-3)7-5-12/h4-9H,1-3H3/b17-14+. The first-order valence-corrected chi connectivity index (χ1v) is 6.36. The van der Waals surface area contributed by atoms with Crippen LogP contribution >= 0.6 is 0 Å². The summed E-state index contributed by atoms with van der Waals surface area (Å²) in [6, 6.07) is 6.52. The van der Waals surface area contributed by atoms with E-state index in [1.807, 2.05) is 0 Å². The predicted octanol–water partition coefficient (Wildman–Crippen LogP) is 2.68. The molecule has 0 aromatic heterocycles. The van der Waals surface area contributed by atoms with Crippen LogP contribution in [0.15, 0.2) is 52.7 Å². The molecule has 0 aliphatic heterocycles. The lowest BCUT2D eigenvalue weighted by Crippen LogP contribution is -2.11. The summed E-state index contributed by atoms with van der Waals surface area (Å²) in [5.41, 5.74) is 2.05. The van der Waals surface area contributed by atoms with E-state index < -0.39 is 5.97 Å². The number of oxime groups is 1. The molecule has 0 N–H and O–H groups in total. The first-order chi connectivity index (χ1) is 10.0. The van der Waals surface area contributed by atoms with Gasteiger partial charge in [0.05, 0.1) is 12.7 Å². The van der Waals surface area contributed by atoms with Crippen molar-refractivity contribution < 1.29 is 19.2 Å². The molecule has 2 rings (SSSR count). The predicted molar refractivity (Wildman–Crippen MR) is 78.4 cm³/mol. The largest absolute Gasteiger partial charge is 0.497 e. The summed E-state index contributed by atoms with van der Waals surface area (Å²) < 4.78 is 5.01. The van der Waals surface area contributed by atoms with Crippen LogP contribution in [-0.2, 0) is 9.63 Å². The lowest BCUT2D eigenvalue weighted by molar-refractivity contribution is -0.111.